The third kappa shape index (κ3) is 1.38. The van der Waals surface area contributed by atoms with E-state index in [4.69, 9.17) is 0 Å². The maximum Gasteiger partial charge on any atom is 0.185 e. The standard InChI is InChI=1S/C10H15N3OS/c1-9(2)10(3,4)13(14)7(12-9)8-11-5-6-15-8/h5-6,14H,1-4H3. The predicted molar refractivity (Wildman–Crippen MR) is 60.4 cm³/mol. The summed E-state index contributed by atoms with van der Waals surface area (Å²) in [5.74, 6) is 0.569. The summed E-state index contributed by atoms with van der Waals surface area (Å²) in [6, 6.07) is 0. The van der Waals surface area contributed by atoms with Crippen LogP contribution in [-0.4, -0.2) is 32.2 Å². The number of aromatic nitrogens is 1. The third-order valence-corrected chi connectivity index (χ3v) is 4.01. The van der Waals surface area contributed by atoms with E-state index in [0.717, 1.165) is 5.01 Å². The summed E-state index contributed by atoms with van der Waals surface area (Å²) >= 11 is 1.48. The minimum absolute atomic E-state index is 0.317. The van der Waals surface area contributed by atoms with Crippen LogP contribution < -0.4 is 0 Å². The first kappa shape index (κ1) is 10.6. The van der Waals surface area contributed by atoms with Crippen LogP contribution in [-0.2, 0) is 0 Å². The zero-order chi connectivity index (χ0) is 11.3. The Morgan fingerprint density at radius 3 is 2.40 bits per heavy atom. The first-order valence-corrected chi connectivity index (χ1v) is 5.73. The molecular formula is C10H15N3OS. The van der Waals surface area contributed by atoms with Gasteiger partial charge >= 0.3 is 0 Å². The molecule has 0 saturated carbocycles. The number of nitrogens with zero attached hydrogens (tertiary/aromatic N) is 3. The van der Waals surface area contributed by atoms with Gasteiger partial charge in [0.25, 0.3) is 0 Å². The highest BCUT2D eigenvalue weighted by Crippen LogP contribution is 2.37. The van der Waals surface area contributed by atoms with Crippen molar-refractivity contribution in [2.75, 3.05) is 0 Å². The molecule has 15 heavy (non-hydrogen) atoms. The topological polar surface area (TPSA) is 48.7 Å². The van der Waals surface area contributed by atoms with Crippen molar-refractivity contribution < 1.29 is 5.21 Å². The smallest absolute Gasteiger partial charge is 0.185 e. The minimum Gasteiger partial charge on any atom is -0.286 e. The van der Waals surface area contributed by atoms with Crippen molar-refractivity contribution >= 4 is 17.2 Å². The van der Waals surface area contributed by atoms with Crippen LogP contribution in [0.15, 0.2) is 16.6 Å². The summed E-state index contributed by atoms with van der Waals surface area (Å²) in [6.07, 6.45) is 1.72. The summed E-state index contributed by atoms with van der Waals surface area (Å²) < 4.78 is 0. The summed E-state index contributed by atoms with van der Waals surface area (Å²) in [5.41, 5.74) is -0.725. The zero-order valence-electron chi connectivity index (χ0n) is 9.35. The summed E-state index contributed by atoms with van der Waals surface area (Å²) in [4.78, 5) is 8.70. The van der Waals surface area contributed by atoms with Crippen LogP contribution in [0, 0.1) is 0 Å². The first-order chi connectivity index (χ1) is 6.86. The molecule has 0 saturated heterocycles. The number of aliphatic imine (C=N–C) groups is 1. The lowest BCUT2D eigenvalue weighted by Crippen LogP contribution is -2.51. The van der Waals surface area contributed by atoms with Gasteiger partial charge in [0.1, 0.15) is 0 Å². The molecule has 2 heterocycles. The molecule has 1 aliphatic rings. The predicted octanol–water partition coefficient (Wildman–Crippen LogP) is 2.15. The lowest BCUT2D eigenvalue weighted by molar-refractivity contribution is -0.0992. The monoisotopic (exact) mass is 225 g/mol. The van der Waals surface area contributed by atoms with E-state index in [9.17, 15) is 5.21 Å². The second-order valence-electron chi connectivity index (χ2n) is 4.70. The van der Waals surface area contributed by atoms with Gasteiger partial charge in [-0.15, -0.1) is 11.3 Å². The van der Waals surface area contributed by atoms with Crippen molar-refractivity contribution in [3.05, 3.63) is 16.6 Å². The molecule has 0 unspecified atom stereocenters. The van der Waals surface area contributed by atoms with E-state index in [0.29, 0.717) is 5.84 Å². The first-order valence-electron chi connectivity index (χ1n) is 4.85. The highest BCUT2D eigenvalue weighted by molar-refractivity contribution is 7.11. The molecule has 2 rings (SSSR count). The van der Waals surface area contributed by atoms with Crippen molar-refractivity contribution in [1.82, 2.24) is 10.0 Å². The highest BCUT2D eigenvalue weighted by Gasteiger charge is 2.49. The summed E-state index contributed by atoms with van der Waals surface area (Å²) in [6.45, 7) is 7.96. The third-order valence-electron chi connectivity index (χ3n) is 3.24. The molecule has 5 heteroatoms. The fraction of sp³-hybridized carbons (Fsp3) is 0.600. The SMILES string of the molecule is CC1(C)N=C(c2nccs2)N(O)C1(C)C. The highest BCUT2D eigenvalue weighted by atomic mass is 32.1. The molecule has 0 spiro atoms. The Morgan fingerprint density at radius 2 is 2.00 bits per heavy atom. The Kier molecular flexibility index (Phi) is 2.13. The Hall–Kier alpha value is -0.940. The summed E-state index contributed by atoms with van der Waals surface area (Å²) in [5, 5.41) is 14.0. The average Bonchev–Trinajstić information content (AvgIpc) is 2.69. The molecule has 0 aliphatic carbocycles. The molecule has 0 bridgehead atoms. The second-order valence-corrected chi connectivity index (χ2v) is 5.60. The molecule has 1 aromatic heterocycles. The molecule has 82 valence electrons. The Morgan fingerprint density at radius 1 is 1.33 bits per heavy atom. The van der Waals surface area contributed by atoms with E-state index < -0.39 is 5.54 Å². The second kappa shape index (κ2) is 3.02. The van der Waals surface area contributed by atoms with Gasteiger partial charge in [-0.2, -0.15) is 0 Å². The summed E-state index contributed by atoms with van der Waals surface area (Å²) in [7, 11) is 0. The maximum atomic E-state index is 10.1. The van der Waals surface area contributed by atoms with Gasteiger partial charge in [0.15, 0.2) is 10.8 Å². The van der Waals surface area contributed by atoms with Crippen LogP contribution in [0.3, 0.4) is 0 Å². The van der Waals surface area contributed by atoms with Crippen molar-refractivity contribution in [3.63, 3.8) is 0 Å². The van der Waals surface area contributed by atoms with E-state index in [2.05, 4.69) is 9.98 Å². The zero-order valence-corrected chi connectivity index (χ0v) is 10.2. The van der Waals surface area contributed by atoms with Gasteiger partial charge in [0, 0.05) is 11.6 Å². The van der Waals surface area contributed by atoms with Gasteiger partial charge in [-0.1, -0.05) is 0 Å². The molecular weight excluding hydrogens is 210 g/mol. The van der Waals surface area contributed by atoms with Gasteiger partial charge < -0.3 is 0 Å². The maximum absolute atomic E-state index is 10.1. The molecule has 0 atom stereocenters. The van der Waals surface area contributed by atoms with Gasteiger partial charge in [0.2, 0.25) is 0 Å². The number of thiazole rings is 1. The van der Waals surface area contributed by atoms with Gasteiger partial charge in [-0.3, -0.25) is 10.2 Å². The van der Waals surface area contributed by atoms with E-state index in [1.807, 2.05) is 33.1 Å². The molecule has 0 radical (unpaired) electrons. The van der Waals surface area contributed by atoms with Crippen molar-refractivity contribution in [3.8, 4) is 0 Å². The molecule has 0 aromatic carbocycles. The lowest BCUT2D eigenvalue weighted by atomic mass is 9.84. The molecule has 1 N–H and O–H groups in total. The van der Waals surface area contributed by atoms with Gasteiger partial charge in [0.05, 0.1) is 11.1 Å². The van der Waals surface area contributed by atoms with Crippen molar-refractivity contribution in [1.29, 1.82) is 0 Å². The van der Waals surface area contributed by atoms with Crippen LogP contribution >= 0.6 is 11.3 Å². The van der Waals surface area contributed by atoms with Gasteiger partial charge in [-0.25, -0.2) is 10.0 Å². The Balaban J connectivity index is 2.46. The number of amidine groups is 1. The van der Waals surface area contributed by atoms with E-state index in [-0.39, 0.29) is 5.54 Å². The van der Waals surface area contributed by atoms with E-state index >= 15 is 0 Å². The van der Waals surface area contributed by atoms with Gasteiger partial charge in [-0.05, 0) is 27.7 Å². The number of rotatable bonds is 1. The molecule has 0 amide bonds. The van der Waals surface area contributed by atoms with Crippen LogP contribution in [0.1, 0.15) is 32.7 Å². The Bertz CT molecular complexity index is 395. The van der Waals surface area contributed by atoms with E-state index in [1.54, 1.807) is 6.20 Å². The van der Waals surface area contributed by atoms with Crippen LogP contribution in [0.25, 0.3) is 0 Å². The molecule has 0 fully saturated rings. The van der Waals surface area contributed by atoms with Crippen LogP contribution in [0.4, 0.5) is 0 Å². The lowest BCUT2D eigenvalue weighted by Gasteiger charge is -2.36. The average molecular weight is 225 g/mol. The number of hydrogen-bond acceptors (Lipinski definition) is 5. The van der Waals surface area contributed by atoms with Crippen LogP contribution in [0.2, 0.25) is 0 Å². The molecule has 1 aromatic rings. The van der Waals surface area contributed by atoms with Crippen LogP contribution in [0.5, 0.6) is 0 Å². The van der Waals surface area contributed by atoms with Crippen molar-refractivity contribution in [2.45, 2.75) is 38.8 Å². The van der Waals surface area contributed by atoms with Crippen molar-refractivity contribution in [2.24, 2.45) is 4.99 Å². The van der Waals surface area contributed by atoms with E-state index in [1.165, 1.54) is 16.4 Å². The fourth-order valence-electron chi connectivity index (χ4n) is 1.45. The molecule has 4 nitrogen and oxygen atoms in total. The minimum atomic E-state index is -0.409. The Labute approximate surface area is 93.2 Å². The fourth-order valence-corrected chi connectivity index (χ4v) is 2.05. The largest absolute Gasteiger partial charge is 0.286 e. The quantitative estimate of drug-likeness (QED) is 0.796. The number of hydroxylamine groups is 2. The number of hydrogen-bond donors (Lipinski definition) is 1. The molecule has 1 aliphatic heterocycles. The normalized spacial score (nSPS) is 23.0.